The van der Waals surface area contributed by atoms with Gasteiger partial charge in [0.15, 0.2) is 0 Å². The molecule has 3 N–H and O–H groups in total. The van der Waals surface area contributed by atoms with Crippen LogP contribution in [0.4, 0.5) is 20.6 Å². The molecular weight excluding hydrogens is 469 g/mol. The van der Waals surface area contributed by atoms with Crippen molar-refractivity contribution >= 4 is 28.4 Å². The molecule has 0 aliphatic heterocycles. The Kier molecular flexibility index (Phi) is 6.31. The van der Waals surface area contributed by atoms with Gasteiger partial charge in [0.05, 0.1) is 11.0 Å². The van der Waals surface area contributed by atoms with E-state index >= 15 is 0 Å². The monoisotopic (exact) mass is 495 g/mol. The van der Waals surface area contributed by atoms with Crippen molar-refractivity contribution in [2.24, 2.45) is 0 Å². The van der Waals surface area contributed by atoms with Gasteiger partial charge in [0.1, 0.15) is 23.1 Å². The van der Waals surface area contributed by atoms with Crippen LogP contribution in [0, 0.1) is 5.82 Å². The van der Waals surface area contributed by atoms with Gasteiger partial charge in [-0.15, -0.1) is 0 Å². The van der Waals surface area contributed by atoms with E-state index in [0.29, 0.717) is 39.9 Å². The molecule has 0 unspecified atom stereocenters. The zero-order valence-corrected chi connectivity index (χ0v) is 20.7. The maximum Gasteiger partial charge on any atom is 0.323 e. The number of rotatable bonds is 5. The van der Waals surface area contributed by atoms with E-state index in [2.05, 4.69) is 46.4 Å². The Morgan fingerprint density at radius 3 is 2.51 bits per heavy atom. The minimum Gasteiger partial charge on any atom is -0.437 e. The lowest BCUT2D eigenvalue weighted by Gasteiger charge is -2.22. The van der Waals surface area contributed by atoms with Crippen LogP contribution in [0.2, 0.25) is 0 Å². The molecule has 0 radical (unpaired) electrons. The fourth-order valence-corrected chi connectivity index (χ4v) is 3.96. The van der Waals surface area contributed by atoms with Crippen LogP contribution in [0.3, 0.4) is 0 Å². The molecule has 2 heterocycles. The maximum absolute atomic E-state index is 13.5. The van der Waals surface area contributed by atoms with E-state index in [1.165, 1.54) is 12.1 Å². The number of hydrogen-bond acceptors (Lipinski definition) is 4. The lowest BCUT2D eigenvalue weighted by molar-refractivity contribution is 0.262. The van der Waals surface area contributed by atoms with Crippen LogP contribution in [0.25, 0.3) is 22.4 Å². The Hall–Kier alpha value is -4.72. The van der Waals surface area contributed by atoms with Crippen molar-refractivity contribution in [3.05, 3.63) is 96.4 Å². The average molecular weight is 496 g/mol. The molecular formula is C29H26FN5O2. The largest absolute Gasteiger partial charge is 0.437 e. The number of imidazole rings is 1. The highest BCUT2D eigenvalue weighted by Gasteiger charge is 2.20. The Balaban J connectivity index is 1.29. The van der Waals surface area contributed by atoms with Crippen LogP contribution >= 0.6 is 0 Å². The highest BCUT2D eigenvalue weighted by atomic mass is 19.1. The molecule has 5 rings (SSSR count). The van der Waals surface area contributed by atoms with Crippen molar-refractivity contribution in [2.75, 3.05) is 10.6 Å². The van der Waals surface area contributed by atoms with Crippen LogP contribution in [0.1, 0.15) is 26.3 Å². The predicted molar refractivity (Wildman–Crippen MR) is 144 cm³/mol. The lowest BCUT2D eigenvalue weighted by atomic mass is 9.86. The van der Waals surface area contributed by atoms with E-state index in [1.54, 1.807) is 36.5 Å². The summed E-state index contributed by atoms with van der Waals surface area (Å²) < 4.78 is 19.6. The number of pyridine rings is 1. The molecule has 0 bridgehead atoms. The third-order valence-corrected chi connectivity index (χ3v) is 5.78. The smallest absolute Gasteiger partial charge is 0.323 e. The summed E-state index contributed by atoms with van der Waals surface area (Å²) in [4.78, 5) is 24.7. The minimum atomic E-state index is -0.436. The van der Waals surface area contributed by atoms with Gasteiger partial charge in [0.2, 0.25) is 5.88 Å². The lowest BCUT2D eigenvalue weighted by Crippen LogP contribution is -2.20. The molecule has 0 saturated heterocycles. The van der Waals surface area contributed by atoms with Crippen LogP contribution in [-0.2, 0) is 5.41 Å². The number of ether oxygens (including phenoxy) is 1. The zero-order valence-electron chi connectivity index (χ0n) is 20.7. The SMILES string of the molecule is CC(C)(C)c1ccccc1Oc1ncccc1NC(=O)Nc1ccc(-c2nc3ccc(F)cc3[nH]2)cc1. The van der Waals surface area contributed by atoms with Gasteiger partial charge in [-0.1, -0.05) is 39.0 Å². The van der Waals surface area contributed by atoms with Gasteiger partial charge in [-0.05, 0) is 66.1 Å². The number of carbonyl (C=O) groups excluding carboxylic acids is 1. The van der Waals surface area contributed by atoms with Gasteiger partial charge < -0.3 is 20.4 Å². The summed E-state index contributed by atoms with van der Waals surface area (Å²) in [5.74, 6) is 1.27. The van der Waals surface area contributed by atoms with Crippen LogP contribution in [-0.4, -0.2) is 21.0 Å². The second-order valence-corrected chi connectivity index (χ2v) is 9.61. The molecule has 186 valence electrons. The number of para-hydroxylation sites is 1. The number of benzene rings is 3. The quantitative estimate of drug-likeness (QED) is 0.235. The van der Waals surface area contributed by atoms with Gasteiger partial charge >= 0.3 is 6.03 Å². The zero-order chi connectivity index (χ0) is 26.0. The van der Waals surface area contributed by atoms with Gasteiger partial charge in [-0.25, -0.2) is 19.2 Å². The van der Waals surface area contributed by atoms with Crippen molar-refractivity contribution in [2.45, 2.75) is 26.2 Å². The summed E-state index contributed by atoms with van der Waals surface area (Å²) >= 11 is 0. The van der Waals surface area contributed by atoms with E-state index in [0.717, 1.165) is 11.1 Å². The van der Waals surface area contributed by atoms with Crippen LogP contribution in [0.5, 0.6) is 11.6 Å². The topological polar surface area (TPSA) is 91.9 Å². The van der Waals surface area contributed by atoms with Crippen molar-refractivity contribution < 1.29 is 13.9 Å². The van der Waals surface area contributed by atoms with Gasteiger partial charge in [-0.3, -0.25) is 0 Å². The summed E-state index contributed by atoms with van der Waals surface area (Å²) in [6.45, 7) is 6.33. The number of hydrogen-bond donors (Lipinski definition) is 3. The first-order valence-corrected chi connectivity index (χ1v) is 11.8. The van der Waals surface area contributed by atoms with E-state index in [4.69, 9.17) is 4.74 Å². The fraction of sp³-hybridized carbons (Fsp3) is 0.138. The number of aromatic amines is 1. The summed E-state index contributed by atoms with van der Waals surface area (Å²) in [6, 6.07) is 22.4. The standard InChI is InChI=1S/C29H26FN5O2/c1-29(2,3)21-7-4-5-9-25(21)37-27-23(8-6-16-31-27)35-28(36)32-20-13-10-18(11-14-20)26-33-22-15-12-19(30)17-24(22)34-26/h4-17H,1-3H3,(H,33,34)(H2,32,35,36). The molecule has 5 aromatic rings. The molecule has 2 aromatic heterocycles. The number of carbonyl (C=O) groups is 1. The van der Waals surface area contributed by atoms with E-state index in [-0.39, 0.29) is 11.2 Å². The van der Waals surface area contributed by atoms with Crippen molar-refractivity contribution in [3.8, 4) is 23.0 Å². The number of nitrogens with zero attached hydrogens (tertiary/aromatic N) is 2. The second-order valence-electron chi connectivity index (χ2n) is 9.61. The second kappa shape index (κ2) is 9.73. The summed E-state index contributed by atoms with van der Waals surface area (Å²) in [6.07, 6.45) is 1.61. The number of aromatic nitrogens is 3. The number of H-pyrrole nitrogens is 1. The highest BCUT2D eigenvalue weighted by Crippen LogP contribution is 2.35. The number of halogens is 1. The number of amides is 2. The van der Waals surface area contributed by atoms with Crippen molar-refractivity contribution in [1.82, 2.24) is 15.0 Å². The molecule has 0 aliphatic rings. The molecule has 0 fully saturated rings. The Morgan fingerprint density at radius 1 is 0.946 bits per heavy atom. The Labute approximate surface area is 213 Å². The molecule has 0 saturated carbocycles. The predicted octanol–water partition coefficient (Wildman–Crippen LogP) is 7.50. The van der Waals surface area contributed by atoms with Crippen molar-refractivity contribution in [3.63, 3.8) is 0 Å². The Bertz CT molecular complexity index is 1570. The van der Waals surface area contributed by atoms with Crippen LogP contribution < -0.4 is 15.4 Å². The third-order valence-electron chi connectivity index (χ3n) is 5.78. The average Bonchev–Trinajstić information content (AvgIpc) is 3.28. The first kappa shape index (κ1) is 24.0. The number of fused-ring (bicyclic) bond motifs is 1. The molecule has 8 heteroatoms. The first-order valence-electron chi connectivity index (χ1n) is 11.8. The molecule has 0 spiro atoms. The number of nitrogens with one attached hydrogen (secondary N) is 3. The molecule has 0 atom stereocenters. The summed E-state index contributed by atoms with van der Waals surface area (Å²) in [7, 11) is 0. The maximum atomic E-state index is 13.5. The van der Waals surface area contributed by atoms with E-state index < -0.39 is 6.03 Å². The van der Waals surface area contributed by atoms with E-state index in [9.17, 15) is 9.18 Å². The van der Waals surface area contributed by atoms with Gasteiger partial charge in [0.25, 0.3) is 0 Å². The number of urea groups is 1. The van der Waals surface area contributed by atoms with Gasteiger partial charge in [0, 0.05) is 23.0 Å². The van der Waals surface area contributed by atoms with E-state index in [1.807, 2.05) is 36.4 Å². The van der Waals surface area contributed by atoms with Crippen LogP contribution in [0.15, 0.2) is 85.1 Å². The summed E-state index contributed by atoms with van der Waals surface area (Å²) in [5.41, 5.74) is 4.05. The molecule has 7 nitrogen and oxygen atoms in total. The molecule has 0 aliphatic carbocycles. The fourth-order valence-electron chi connectivity index (χ4n) is 3.96. The Morgan fingerprint density at radius 2 is 1.73 bits per heavy atom. The minimum absolute atomic E-state index is 0.124. The molecule has 37 heavy (non-hydrogen) atoms. The number of anilines is 2. The highest BCUT2D eigenvalue weighted by molar-refractivity contribution is 6.00. The normalized spacial score (nSPS) is 11.4. The van der Waals surface area contributed by atoms with Crippen molar-refractivity contribution in [1.29, 1.82) is 0 Å². The summed E-state index contributed by atoms with van der Waals surface area (Å²) in [5, 5.41) is 5.63. The third kappa shape index (κ3) is 5.43. The molecule has 2 amide bonds. The van der Waals surface area contributed by atoms with Gasteiger partial charge in [-0.2, -0.15) is 0 Å². The molecule has 3 aromatic carbocycles. The first-order chi connectivity index (χ1) is 17.8.